The third kappa shape index (κ3) is 1.05. The molecule has 0 aromatic carbocycles. The van der Waals surface area contributed by atoms with Gasteiger partial charge >= 0.3 is 0 Å². The molecule has 2 heterocycles. The Bertz CT molecular complexity index is 513. The zero-order valence-electron chi connectivity index (χ0n) is 6.28. The molecule has 5 nitrogen and oxygen atoms in total. The number of hydrogen-bond donors (Lipinski definition) is 1. The van der Waals surface area contributed by atoms with Crippen LogP contribution in [0.2, 0.25) is 0 Å². The van der Waals surface area contributed by atoms with E-state index in [4.69, 9.17) is 15.4 Å². The third-order valence-corrected chi connectivity index (χ3v) is 2.14. The van der Waals surface area contributed by atoms with Gasteiger partial charge in [-0.25, -0.2) is 9.97 Å². The van der Waals surface area contributed by atoms with Gasteiger partial charge in [0.25, 0.3) is 0 Å². The first-order valence-electron chi connectivity index (χ1n) is 3.32. The summed E-state index contributed by atoms with van der Waals surface area (Å²) in [5, 5.41) is 9.23. The molecule has 0 saturated carbocycles. The Morgan fingerprint density at radius 3 is 3.00 bits per heavy atom. The predicted molar refractivity (Wildman–Crippen MR) is 48.6 cm³/mol. The lowest BCUT2D eigenvalue weighted by Gasteiger charge is -1.90. The van der Waals surface area contributed by atoms with Crippen LogP contribution >= 0.6 is 15.9 Å². The lowest BCUT2D eigenvalue weighted by molar-refractivity contribution is 0.574. The number of rotatable bonds is 0. The van der Waals surface area contributed by atoms with E-state index in [9.17, 15) is 0 Å². The first-order chi connectivity index (χ1) is 6.24. The second-order valence-electron chi connectivity index (χ2n) is 2.30. The molecule has 0 saturated heterocycles. The van der Waals surface area contributed by atoms with Crippen molar-refractivity contribution >= 4 is 32.8 Å². The molecule has 0 amide bonds. The van der Waals surface area contributed by atoms with Gasteiger partial charge in [-0.3, -0.25) is 0 Å². The standard InChI is InChI=1S/C7H3BrN4O/c8-5-3(1-9)4-6(10)11-2-12-7(4)13-5/h2H,(H2,10,11,12). The van der Waals surface area contributed by atoms with Crippen LogP contribution in [0.3, 0.4) is 0 Å². The maximum absolute atomic E-state index is 8.78. The van der Waals surface area contributed by atoms with Crippen LogP contribution in [-0.4, -0.2) is 9.97 Å². The number of fused-ring (bicyclic) bond motifs is 1. The van der Waals surface area contributed by atoms with E-state index in [2.05, 4.69) is 25.9 Å². The van der Waals surface area contributed by atoms with E-state index in [-0.39, 0.29) is 5.82 Å². The van der Waals surface area contributed by atoms with Crippen molar-refractivity contribution in [3.8, 4) is 6.07 Å². The summed E-state index contributed by atoms with van der Waals surface area (Å²) in [6, 6.07) is 1.96. The Balaban J connectivity index is 2.99. The van der Waals surface area contributed by atoms with Crippen LogP contribution in [0.25, 0.3) is 11.1 Å². The van der Waals surface area contributed by atoms with Crippen molar-refractivity contribution in [2.75, 3.05) is 5.73 Å². The number of halogens is 1. The highest BCUT2D eigenvalue weighted by atomic mass is 79.9. The molecule has 2 aromatic rings. The van der Waals surface area contributed by atoms with Crippen LogP contribution in [0.1, 0.15) is 5.56 Å². The lowest BCUT2D eigenvalue weighted by atomic mass is 10.2. The van der Waals surface area contributed by atoms with Crippen LogP contribution in [-0.2, 0) is 0 Å². The molecule has 0 bridgehead atoms. The van der Waals surface area contributed by atoms with Crippen molar-refractivity contribution in [3.63, 3.8) is 0 Å². The van der Waals surface area contributed by atoms with Crippen molar-refractivity contribution in [2.24, 2.45) is 0 Å². The molecule has 13 heavy (non-hydrogen) atoms. The minimum absolute atomic E-state index is 0.246. The van der Waals surface area contributed by atoms with Crippen molar-refractivity contribution in [1.82, 2.24) is 9.97 Å². The number of nitriles is 1. The fourth-order valence-electron chi connectivity index (χ4n) is 1.03. The Morgan fingerprint density at radius 1 is 1.54 bits per heavy atom. The fraction of sp³-hybridized carbons (Fsp3) is 0. The number of nitrogens with zero attached hydrogens (tertiary/aromatic N) is 3. The highest BCUT2D eigenvalue weighted by Crippen LogP contribution is 2.30. The SMILES string of the molecule is N#Cc1c(Br)oc2ncnc(N)c12. The number of nitrogens with two attached hydrogens (primary N) is 1. The zero-order chi connectivity index (χ0) is 9.42. The van der Waals surface area contributed by atoms with E-state index in [1.165, 1.54) is 6.33 Å². The van der Waals surface area contributed by atoms with Gasteiger partial charge in [0.1, 0.15) is 29.2 Å². The summed E-state index contributed by atoms with van der Waals surface area (Å²) in [5.74, 6) is 0.246. The number of anilines is 1. The molecule has 64 valence electrons. The molecular formula is C7H3BrN4O. The average Bonchev–Trinajstić information content (AvgIpc) is 2.42. The topological polar surface area (TPSA) is 88.7 Å². The van der Waals surface area contributed by atoms with Gasteiger partial charge in [0.05, 0.1) is 0 Å². The van der Waals surface area contributed by atoms with Crippen molar-refractivity contribution in [2.45, 2.75) is 0 Å². The van der Waals surface area contributed by atoms with Crippen LogP contribution < -0.4 is 5.73 Å². The predicted octanol–water partition coefficient (Wildman–Crippen LogP) is 1.44. The van der Waals surface area contributed by atoms with Gasteiger partial charge in [-0.1, -0.05) is 0 Å². The van der Waals surface area contributed by atoms with E-state index in [1.54, 1.807) is 0 Å². The Morgan fingerprint density at radius 2 is 2.31 bits per heavy atom. The van der Waals surface area contributed by atoms with E-state index < -0.39 is 0 Å². The molecule has 0 atom stereocenters. The summed E-state index contributed by atoms with van der Waals surface area (Å²) >= 11 is 3.09. The molecule has 0 fully saturated rings. The van der Waals surface area contributed by atoms with Gasteiger partial charge < -0.3 is 10.2 Å². The molecular weight excluding hydrogens is 236 g/mol. The summed E-state index contributed by atoms with van der Waals surface area (Å²) in [6.45, 7) is 0. The molecule has 0 aliphatic carbocycles. The lowest BCUT2D eigenvalue weighted by Crippen LogP contribution is -1.91. The number of furan rings is 1. The van der Waals surface area contributed by atoms with E-state index in [0.717, 1.165) is 0 Å². The highest BCUT2D eigenvalue weighted by molar-refractivity contribution is 9.10. The maximum atomic E-state index is 8.78. The van der Waals surface area contributed by atoms with Gasteiger partial charge in [0.15, 0.2) is 4.67 Å². The summed E-state index contributed by atoms with van der Waals surface area (Å²) in [7, 11) is 0. The minimum Gasteiger partial charge on any atom is -0.429 e. The summed E-state index contributed by atoms with van der Waals surface area (Å²) in [5.41, 5.74) is 6.21. The largest absolute Gasteiger partial charge is 0.429 e. The normalized spacial score (nSPS) is 10.2. The molecule has 6 heteroatoms. The minimum atomic E-state index is 0.246. The Hall–Kier alpha value is -1.61. The average molecular weight is 239 g/mol. The zero-order valence-corrected chi connectivity index (χ0v) is 7.87. The summed E-state index contributed by atoms with van der Waals surface area (Å²) in [6.07, 6.45) is 1.29. The quantitative estimate of drug-likeness (QED) is 0.751. The van der Waals surface area contributed by atoms with E-state index >= 15 is 0 Å². The number of nitrogen functional groups attached to an aromatic ring is 1. The summed E-state index contributed by atoms with van der Waals surface area (Å²) in [4.78, 5) is 7.60. The fourth-order valence-corrected chi connectivity index (χ4v) is 1.47. The van der Waals surface area contributed by atoms with Crippen LogP contribution in [0.15, 0.2) is 15.4 Å². The molecule has 2 aromatic heterocycles. The monoisotopic (exact) mass is 238 g/mol. The molecule has 2 rings (SSSR count). The van der Waals surface area contributed by atoms with E-state index in [1.807, 2.05) is 6.07 Å². The smallest absolute Gasteiger partial charge is 0.234 e. The van der Waals surface area contributed by atoms with Gasteiger partial charge in [0.2, 0.25) is 5.71 Å². The Kier molecular flexibility index (Phi) is 1.67. The van der Waals surface area contributed by atoms with Crippen molar-refractivity contribution in [3.05, 3.63) is 16.6 Å². The van der Waals surface area contributed by atoms with Gasteiger partial charge in [-0.15, -0.1) is 0 Å². The molecule has 0 spiro atoms. The van der Waals surface area contributed by atoms with Gasteiger partial charge in [-0.2, -0.15) is 5.26 Å². The Labute approximate surface area is 81.3 Å². The van der Waals surface area contributed by atoms with Crippen LogP contribution in [0, 0.1) is 11.3 Å². The maximum Gasteiger partial charge on any atom is 0.234 e. The first kappa shape index (κ1) is 8.01. The second-order valence-corrected chi connectivity index (χ2v) is 3.02. The number of aromatic nitrogens is 2. The van der Waals surface area contributed by atoms with Crippen molar-refractivity contribution < 1.29 is 4.42 Å². The second kappa shape index (κ2) is 2.71. The molecule has 0 aliphatic heterocycles. The van der Waals surface area contributed by atoms with E-state index in [0.29, 0.717) is 21.3 Å². The first-order valence-corrected chi connectivity index (χ1v) is 4.12. The summed E-state index contributed by atoms with van der Waals surface area (Å²) < 4.78 is 5.46. The van der Waals surface area contributed by atoms with Gasteiger partial charge in [-0.05, 0) is 15.9 Å². The highest BCUT2D eigenvalue weighted by Gasteiger charge is 2.15. The van der Waals surface area contributed by atoms with Crippen LogP contribution in [0.5, 0.6) is 0 Å². The molecule has 0 aliphatic rings. The third-order valence-electron chi connectivity index (χ3n) is 1.59. The van der Waals surface area contributed by atoms with Crippen molar-refractivity contribution in [1.29, 1.82) is 5.26 Å². The van der Waals surface area contributed by atoms with Crippen LogP contribution in [0.4, 0.5) is 5.82 Å². The molecule has 2 N–H and O–H groups in total. The van der Waals surface area contributed by atoms with Gasteiger partial charge in [0, 0.05) is 0 Å². The molecule has 0 radical (unpaired) electrons. The number of hydrogen-bond acceptors (Lipinski definition) is 5. The molecule has 0 unspecified atom stereocenters.